The van der Waals surface area contributed by atoms with Gasteiger partial charge in [-0.05, 0) is 40.8 Å². The lowest BCUT2D eigenvalue weighted by molar-refractivity contribution is 0.0695. The number of sulfonamides is 1. The van der Waals surface area contributed by atoms with E-state index in [9.17, 15) is 13.2 Å². The molecular weight excluding hydrogens is 359 g/mol. The molecule has 0 fully saturated rings. The lowest BCUT2D eigenvalue weighted by atomic mass is 10.2. The predicted octanol–water partition coefficient (Wildman–Crippen LogP) is 0.791. The Hall–Kier alpha value is -1.18. The van der Waals surface area contributed by atoms with E-state index in [0.29, 0.717) is 3.57 Å². The highest BCUT2D eigenvalue weighted by Gasteiger charge is 2.17. The van der Waals surface area contributed by atoms with Gasteiger partial charge in [-0.1, -0.05) is 0 Å². The van der Waals surface area contributed by atoms with E-state index in [4.69, 9.17) is 10.4 Å². The van der Waals surface area contributed by atoms with Crippen molar-refractivity contribution in [1.82, 2.24) is 4.72 Å². The second kappa shape index (κ2) is 5.44. The number of carbonyl (C=O) groups is 1. The number of carboxylic acid groups (broad SMARTS) is 1. The molecule has 6 nitrogen and oxygen atoms in total. The number of nitrogens with one attached hydrogen (secondary N) is 1. The molecule has 0 saturated heterocycles. The first-order chi connectivity index (χ1) is 7.88. The zero-order valence-corrected chi connectivity index (χ0v) is 11.3. The summed E-state index contributed by atoms with van der Waals surface area (Å²) in [6.07, 6.45) is 0. The Morgan fingerprint density at radius 2 is 2.18 bits per heavy atom. The summed E-state index contributed by atoms with van der Waals surface area (Å²) < 4.78 is 25.7. The molecule has 0 aromatic heterocycles. The number of carboxylic acids is 1. The van der Waals surface area contributed by atoms with Gasteiger partial charge in [0, 0.05) is 3.57 Å². The van der Waals surface area contributed by atoms with Gasteiger partial charge in [-0.2, -0.15) is 9.98 Å². The average molecular weight is 366 g/mol. The Kier molecular flexibility index (Phi) is 4.44. The van der Waals surface area contributed by atoms with Crippen molar-refractivity contribution in [2.24, 2.45) is 0 Å². The summed E-state index contributed by atoms with van der Waals surface area (Å²) in [4.78, 5) is 10.7. The number of rotatable bonds is 4. The molecule has 0 bridgehead atoms. The van der Waals surface area contributed by atoms with Crippen molar-refractivity contribution in [3.63, 3.8) is 0 Å². The summed E-state index contributed by atoms with van der Waals surface area (Å²) in [5, 5.41) is 17.2. The third-order valence-corrected chi connectivity index (χ3v) is 4.16. The maximum atomic E-state index is 11.6. The molecule has 1 rings (SSSR count). The Morgan fingerprint density at radius 1 is 1.53 bits per heavy atom. The number of hydrogen-bond acceptors (Lipinski definition) is 4. The highest BCUT2D eigenvalue weighted by Crippen LogP contribution is 2.17. The summed E-state index contributed by atoms with van der Waals surface area (Å²) in [5.41, 5.74) is -0.0922. The van der Waals surface area contributed by atoms with Crippen LogP contribution in [0.5, 0.6) is 0 Å². The predicted molar refractivity (Wildman–Crippen MR) is 66.9 cm³/mol. The Balaban J connectivity index is 3.21. The first-order valence-corrected chi connectivity index (χ1v) is 6.84. The van der Waals surface area contributed by atoms with Crippen molar-refractivity contribution in [2.75, 3.05) is 6.54 Å². The van der Waals surface area contributed by atoms with Crippen LogP contribution in [0.15, 0.2) is 23.1 Å². The van der Waals surface area contributed by atoms with Crippen molar-refractivity contribution in [3.05, 3.63) is 27.3 Å². The Labute approximate surface area is 111 Å². The number of benzene rings is 1. The zero-order valence-electron chi connectivity index (χ0n) is 8.34. The fraction of sp³-hybridized carbons (Fsp3) is 0.111. The molecule has 0 radical (unpaired) electrons. The molecule has 0 spiro atoms. The van der Waals surface area contributed by atoms with Gasteiger partial charge in [0.15, 0.2) is 0 Å². The maximum absolute atomic E-state index is 11.6. The highest BCUT2D eigenvalue weighted by atomic mass is 127. The van der Waals surface area contributed by atoms with Crippen molar-refractivity contribution in [2.45, 2.75) is 4.90 Å². The van der Waals surface area contributed by atoms with Gasteiger partial charge in [0.25, 0.3) is 0 Å². The van der Waals surface area contributed by atoms with E-state index in [1.807, 2.05) is 4.72 Å². The average Bonchev–Trinajstić information content (AvgIpc) is 2.26. The van der Waals surface area contributed by atoms with Gasteiger partial charge in [0.1, 0.15) is 0 Å². The molecule has 17 heavy (non-hydrogen) atoms. The summed E-state index contributed by atoms with van der Waals surface area (Å²) >= 11 is 1.80. The summed E-state index contributed by atoms with van der Waals surface area (Å²) in [7, 11) is -3.83. The quantitative estimate of drug-likeness (QED) is 0.605. The zero-order chi connectivity index (χ0) is 13.1. The lowest BCUT2D eigenvalue weighted by Gasteiger charge is -2.05. The second-order valence-electron chi connectivity index (χ2n) is 2.93. The maximum Gasteiger partial charge on any atom is 0.336 e. The van der Waals surface area contributed by atoms with E-state index in [0.717, 1.165) is 6.07 Å². The second-order valence-corrected chi connectivity index (χ2v) is 5.86. The first-order valence-electron chi connectivity index (χ1n) is 4.28. The Morgan fingerprint density at radius 3 is 2.71 bits per heavy atom. The molecule has 8 heteroatoms. The molecular formula is C9H7IN2O4S. The number of halogens is 1. The van der Waals surface area contributed by atoms with Crippen LogP contribution >= 0.6 is 22.6 Å². The van der Waals surface area contributed by atoms with Crippen LogP contribution in [0, 0.1) is 14.9 Å². The van der Waals surface area contributed by atoms with Gasteiger partial charge in [0.05, 0.1) is 23.1 Å². The fourth-order valence-corrected chi connectivity index (χ4v) is 2.55. The summed E-state index contributed by atoms with van der Waals surface area (Å²) in [6, 6.07) is 5.37. The van der Waals surface area contributed by atoms with E-state index in [1.54, 1.807) is 28.7 Å². The number of aromatic carboxylic acids is 1. The largest absolute Gasteiger partial charge is 0.478 e. The van der Waals surface area contributed by atoms with E-state index >= 15 is 0 Å². The van der Waals surface area contributed by atoms with Gasteiger partial charge in [-0.25, -0.2) is 13.2 Å². The van der Waals surface area contributed by atoms with Crippen LogP contribution in [0.4, 0.5) is 0 Å². The number of nitriles is 1. The van der Waals surface area contributed by atoms with E-state index in [2.05, 4.69) is 0 Å². The monoisotopic (exact) mass is 366 g/mol. The molecule has 0 amide bonds. The highest BCUT2D eigenvalue weighted by molar-refractivity contribution is 14.1. The molecule has 0 atom stereocenters. The molecule has 2 N–H and O–H groups in total. The topological polar surface area (TPSA) is 107 Å². The normalized spacial score (nSPS) is 10.8. The minimum absolute atomic E-state index is 0.0922. The van der Waals surface area contributed by atoms with Crippen molar-refractivity contribution < 1.29 is 18.3 Å². The van der Waals surface area contributed by atoms with Crippen LogP contribution in [-0.4, -0.2) is 26.0 Å². The molecule has 0 aliphatic rings. The lowest BCUT2D eigenvalue weighted by Crippen LogP contribution is -2.24. The van der Waals surface area contributed by atoms with Gasteiger partial charge in [0.2, 0.25) is 10.0 Å². The molecule has 90 valence electrons. The van der Waals surface area contributed by atoms with Crippen molar-refractivity contribution in [1.29, 1.82) is 5.26 Å². The van der Waals surface area contributed by atoms with Crippen LogP contribution in [0.25, 0.3) is 0 Å². The molecule has 0 heterocycles. The SMILES string of the molecule is N#CCNS(=O)(=O)c1ccc(I)c(C(=O)O)c1. The van der Waals surface area contributed by atoms with Gasteiger partial charge in [-0.3, -0.25) is 0 Å². The Bertz CT molecular complexity index is 592. The van der Waals surface area contributed by atoms with E-state index in [1.165, 1.54) is 12.1 Å². The fourth-order valence-electron chi connectivity index (χ4n) is 1.05. The smallest absolute Gasteiger partial charge is 0.336 e. The molecule has 0 aliphatic carbocycles. The minimum Gasteiger partial charge on any atom is -0.478 e. The molecule has 1 aromatic rings. The number of hydrogen-bond donors (Lipinski definition) is 2. The third kappa shape index (κ3) is 3.39. The van der Waals surface area contributed by atoms with E-state index in [-0.39, 0.29) is 17.0 Å². The number of nitrogens with zero attached hydrogens (tertiary/aromatic N) is 1. The van der Waals surface area contributed by atoms with Crippen molar-refractivity contribution in [3.8, 4) is 6.07 Å². The standard InChI is InChI=1S/C9H7IN2O4S/c10-8-2-1-6(5-7(8)9(13)14)17(15,16)12-4-3-11/h1-2,5,12H,4H2,(H,13,14). The van der Waals surface area contributed by atoms with Gasteiger partial charge in [-0.15, -0.1) is 0 Å². The van der Waals surface area contributed by atoms with Crippen LogP contribution in [-0.2, 0) is 10.0 Å². The molecule has 0 unspecified atom stereocenters. The minimum atomic E-state index is -3.83. The molecule has 0 saturated carbocycles. The van der Waals surface area contributed by atoms with Gasteiger partial charge >= 0.3 is 5.97 Å². The summed E-state index contributed by atoms with van der Waals surface area (Å²) in [5.74, 6) is -1.20. The van der Waals surface area contributed by atoms with Gasteiger partial charge < -0.3 is 5.11 Å². The van der Waals surface area contributed by atoms with Crippen LogP contribution < -0.4 is 4.72 Å². The molecule has 0 aliphatic heterocycles. The summed E-state index contributed by atoms with van der Waals surface area (Å²) in [6.45, 7) is -0.364. The molecule has 1 aromatic carbocycles. The van der Waals surface area contributed by atoms with Crippen LogP contribution in [0.2, 0.25) is 0 Å². The third-order valence-electron chi connectivity index (χ3n) is 1.82. The van der Waals surface area contributed by atoms with Crippen molar-refractivity contribution >= 4 is 38.6 Å². The first kappa shape index (κ1) is 13.9. The van der Waals surface area contributed by atoms with Crippen LogP contribution in [0.1, 0.15) is 10.4 Å². The van der Waals surface area contributed by atoms with Crippen LogP contribution in [0.3, 0.4) is 0 Å². The van der Waals surface area contributed by atoms with E-state index < -0.39 is 16.0 Å².